The van der Waals surface area contributed by atoms with Crippen molar-refractivity contribution >= 4 is 35.7 Å². The number of thioether (sulfide) groups is 1. The molecule has 1 heterocycles. The van der Waals surface area contributed by atoms with E-state index in [1.54, 1.807) is 18.7 Å². The van der Waals surface area contributed by atoms with Gasteiger partial charge in [-0.15, -0.1) is 11.8 Å². The Balaban J connectivity index is 2.47. The minimum Gasteiger partial charge on any atom is -0.480 e. The van der Waals surface area contributed by atoms with Crippen LogP contribution < -0.4 is 10.6 Å². The summed E-state index contributed by atoms with van der Waals surface area (Å²) in [5.74, 6) is -1.16. The zero-order valence-corrected chi connectivity index (χ0v) is 12.9. The van der Waals surface area contributed by atoms with Crippen molar-refractivity contribution in [2.24, 2.45) is 7.05 Å². The smallest absolute Gasteiger partial charge is 0.327 e. The highest BCUT2D eigenvalue weighted by Gasteiger charge is 2.17. The number of hydrogen-bond acceptors (Lipinski definition) is 5. The molecule has 2 amide bonds. The maximum atomic E-state index is 11.8. The molecule has 8 nitrogen and oxygen atoms in total. The number of carbonyl (C=O) groups is 3. The summed E-state index contributed by atoms with van der Waals surface area (Å²) in [4.78, 5) is 32.9. The highest BCUT2D eigenvalue weighted by Crippen LogP contribution is 2.18. The van der Waals surface area contributed by atoms with Crippen molar-refractivity contribution in [1.82, 2.24) is 15.1 Å². The molecule has 0 bridgehead atoms. The molecule has 3 N–H and O–H groups in total. The Hall–Kier alpha value is -2.03. The minimum atomic E-state index is -1.13. The molecule has 116 valence electrons. The fourth-order valence-electron chi connectivity index (χ4n) is 1.67. The van der Waals surface area contributed by atoms with Crippen LogP contribution in [0.3, 0.4) is 0 Å². The van der Waals surface area contributed by atoms with E-state index in [1.807, 2.05) is 6.92 Å². The number of aliphatic carboxylic acids is 1. The van der Waals surface area contributed by atoms with Crippen LogP contribution in [0.15, 0.2) is 0 Å². The molecule has 0 saturated heterocycles. The predicted octanol–water partition coefficient (Wildman–Crippen LogP) is -0.0922. The Morgan fingerprint density at radius 2 is 2.14 bits per heavy atom. The van der Waals surface area contributed by atoms with Gasteiger partial charge >= 0.3 is 5.97 Å². The van der Waals surface area contributed by atoms with Gasteiger partial charge in [-0.05, 0) is 13.8 Å². The number of aryl methyl sites for hydroxylation is 2. The molecule has 0 fully saturated rings. The summed E-state index contributed by atoms with van der Waals surface area (Å²) in [6.45, 7) is 3.64. The zero-order chi connectivity index (χ0) is 16.0. The van der Waals surface area contributed by atoms with Crippen molar-refractivity contribution in [2.75, 3.05) is 16.8 Å². The second kappa shape index (κ2) is 7.67. The van der Waals surface area contributed by atoms with Crippen molar-refractivity contribution < 1.29 is 19.5 Å². The number of carbonyl (C=O) groups excluding carboxylic acids is 2. The largest absolute Gasteiger partial charge is 0.480 e. The van der Waals surface area contributed by atoms with Crippen LogP contribution in [0.2, 0.25) is 0 Å². The first-order valence-corrected chi connectivity index (χ1v) is 7.32. The van der Waals surface area contributed by atoms with Gasteiger partial charge in [0.15, 0.2) is 0 Å². The lowest BCUT2D eigenvalue weighted by molar-refractivity contribution is -0.139. The normalized spacial score (nSPS) is 11.8. The molecule has 0 spiro atoms. The number of nitrogens with one attached hydrogen (secondary N) is 2. The third-order valence-corrected chi connectivity index (χ3v) is 3.89. The topological polar surface area (TPSA) is 113 Å². The van der Waals surface area contributed by atoms with Crippen LogP contribution in [0.5, 0.6) is 0 Å². The fourth-order valence-corrected chi connectivity index (χ4v) is 2.52. The van der Waals surface area contributed by atoms with Crippen LogP contribution in [0.1, 0.15) is 11.4 Å². The number of anilines is 1. The summed E-state index contributed by atoms with van der Waals surface area (Å²) in [6, 6.07) is -0.998. The molecule has 0 aliphatic heterocycles. The van der Waals surface area contributed by atoms with E-state index < -0.39 is 12.0 Å². The lowest BCUT2D eigenvalue weighted by Gasteiger charge is -2.10. The van der Waals surface area contributed by atoms with E-state index in [-0.39, 0.29) is 17.4 Å². The van der Waals surface area contributed by atoms with Crippen LogP contribution in [0, 0.1) is 13.8 Å². The average Bonchev–Trinajstić information content (AvgIpc) is 2.64. The van der Waals surface area contributed by atoms with Crippen LogP contribution >= 0.6 is 11.8 Å². The number of rotatable bonds is 8. The maximum absolute atomic E-state index is 11.8. The molecule has 0 saturated carbocycles. The number of amides is 2. The zero-order valence-electron chi connectivity index (χ0n) is 12.0. The van der Waals surface area contributed by atoms with E-state index in [0.717, 1.165) is 23.1 Å². The molecular weight excluding hydrogens is 296 g/mol. The molecule has 1 unspecified atom stereocenters. The van der Waals surface area contributed by atoms with E-state index >= 15 is 0 Å². The van der Waals surface area contributed by atoms with Crippen LogP contribution in [0.4, 0.5) is 5.69 Å². The fraction of sp³-hybridized carbons (Fsp3) is 0.500. The highest BCUT2D eigenvalue weighted by atomic mass is 32.2. The van der Waals surface area contributed by atoms with E-state index in [9.17, 15) is 14.4 Å². The van der Waals surface area contributed by atoms with E-state index in [2.05, 4.69) is 15.7 Å². The Morgan fingerprint density at radius 3 is 2.62 bits per heavy atom. The van der Waals surface area contributed by atoms with E-state index in [4.69, 9.17) is 5.11 Å². The molecule has 1 atom stereocenters. The SMILES string of the molecule is Cc1nn(C)c(C)c1NC(=O)CSCC(NC=O)C(=O)O. The number of carboxylic acid groups (broad SMARTS) is 1. The van der Waals surface area contributed by atoms with Crippen LogP contribution in [-0.2, 0) is 21.4 Å². The monoisotopic (exact) mass is 314 g/mol. The van der Waals surface area contributed by atoms with Gasteiger partial charge in [0.2, 0.25) is 12.3 Å². The summed E-state index contributed by atoms with van der Waals surface area (Å²) < 4.78 is 1.67. The van der Waals surface area contributed by atoms with Crippen LogP contribution in [0.25, 0.3) is 0 Å². The summed E-state index contributed by atoms with van der Waals surface area (Å²) >= 11 is 1.13. The van der Waals surface area contributed by atoms with E-state index in [0.29, 0.717) is 12.1 Å². The van der Waals surface area contributed by atoms with Gasteiger partial charge in [0, 0.05) is 12.8 Å². The lowest BCUT2D eigenvalue weighted by Crippen LogP contribution is -2.38. The van der Waals surface area contributed by atoms with Gasteiger partial charge in [-0.2, -0.15) is 5.10 Å². The number of carboxylic acids is 1. The first-order chi connectivity index (χ1) is 9.86. The highest BCUT2D eigenvalue weighted by molar-refractivity contribution is 8.00. The summed E-state index contributed by atoms with van der Waals surface area (Å²) in [5, 5.41) is 18.0. The third-order valence-electron chi connectivity index (χ3n) is 2.86. The standard InChI is InChI=1S/C12H18N4O4S/c1-7-11(8(2)16(3)15-7)14-10(18)5-21-4-9(12(19)20)13-6-17/h6,9H,4-5H2,1-3H3,(H,13,17)(H,14,18)(H,19,20). The molecule has 21 heavy (non-hydrogen) atoms. The second-order valence-corrected chi connectivity index (χ2v) is 5.44. The van der Waals surface area contributed by atoms with Gasteiger partial charge in [0.1, 0.15) is 6.04 Å². The molecule has 0 radical (unpaired) electrons. The molecule has 0 aliphatic carbocycles. The molecule has 9 heteroatoms. The molecule has 1 aromatic heterocycles. The summed E-state index contributed by atoms with van der Waals surface area (Å²) in [5.41, 5.74) is 2.24. The summed E-state index contributed by atoms with van der Waals surface area (Å²) in [7, 11) is 1.79. The van der Waals surface area contributed by atoms with Gasteiger partial charge in [-0.25, -0.2) is 4.79 Å². The van der Waals surface area contributed by atoms with E-state index in [1.165, 1.54) is 0 Å². The first kappa shape index (κ1) is 17.0. The van der Waals surface area contributed by atoms with Gasteiger partial charge in [0.25, 0.3) is 0 Å². The average molecular weight is 314 g/mol. The minimum absolute atomic E-state index is 0.0953. The Labute approximate surface area is 126 Å². The number of nitrogens with zero attached hydrogens (tertiary/aromatic N) is 2. The Kier molecular flexibility index (Phi) is 6.22. The van der Waals surface area contributed by atoms with Gasteiger partial charge in [-0.1, -0.05) is 0 Å². The van der Waals surface area contributed by atoms with Crippen molar-refractivity contribution in [3.63, 3.8) is 0 Å². The van der Waals surface area contributed by atoms with Crippen molar-refractivity contribution in [3.8, 4) is 0 Å². The van der Waals surface area contributed by atoms with Crippen molar-refractivity contribution in [2.45, 2.75) is 19.9 Å². The maximum Gasteiger partial charge on any atom is 0.327 e. The molecular formula is C12H18N4O4S. The Bertz CT molecular complexity index is 544. The molecule has 0 aromatic carbocycles. The number of hydrogen-bond donors (Lipinski definition) is 3. The molecule has 0 aliphatic rings. The van der Waals surface area contributed by atoms with Crippen molar-refractivity contribution in [3.05, 3.63) is 11.4 Å². The molecule has 1 rings (SSSR count). The van der Waals surface area contributed by atoms with Gasteiger partial charge < -0.3 is 15.7 Å². The number of aromatic nitrogens is 2. The second-order valence-electron chi connectivity index (χ2n) is 4.41. The van der Waals surface area contributed by atoms with Gasteiger partial charge in [0.05, 0.1) is 22.8 Å². The quantitative estimate of drug-likeness (QED) is 0.578. The lowest BCUT2D eigenvalue weighted by atomic mass is 10.3. The van der Waals surface area contributed by atoms with Gasteiger partial charge in [-0.3, -0.25) is 14.3 Å². The Morgan fingerprint density at radius 1 is 1.48 bits per heavy atom. The summed E-state index contributed by atoms with van der Waals surface area (Å²) in [6.07, 6.45) is 0.335. The first-order valence-electron chi connectivity index (χ1n) is 6.17. The van der Waals surface area contributed by atoms with Crippen molar-refractivity contribution in [1.29, 1.82) is 0 Å². The molecule has 1 aromatic rings. The van der Waals surface area contributed by atoms with Crippen LogP contribution in [-0.4, -0.2) is 50.7 Å². The predicted molar refractivity (Wildman–Crippen MR) is 79.3 cm³/mol. The third kappa shape index (κ3) is 4.78.